The number of nitrogens with one attached hydrogen (secondary N) is 1. The molecule has 2 aromatic rings. The fourth-order valence-corrected chi connectivity index (χ4v) is 3.85. The van der Waals surface area contributed by atoms with Gasteiger partial charge in [-0.1, -0.05) is 24.0 Å². The molecule has 0 unspecified atom stereocenters. The lowest BCUT2D eigenvalue weighted by molar-refractivity contribution is -0.116. The number of rotatable bonds is 6. The van der Waals surface area contributed by atoms with Crippen molar-refractivity contribution in [2.45, 2.75) is 39.7 Å². The molecule has 0 spiro atoms. The van der Waals surface area contributed by atoms with Crippen molar-refractivity contribution in [2.75, 3.05) is 11.9 Å². The fraction of sp³-hybridized carbons (Fsp3) is 0.389. The normalized spacial score (nSPS) is 12.5. The molecule has 0 saturated carbocycles. The van der Waals surface area contributed by atoms with Gasteiger partial charge < -0.3 is 10.1 Å². The van der Waals surface area contributed by atoms with Crippen LogP contribution >= 0.6 is 11.3 Å². The zero-order valence-electron chi connectivity index (χ0n) is 15.2. The second-order valence-corrected chi connectivity index (χ2v) is 7.20. The minimum Gasteiger partial charge on any atom is -0.457 e. The summed E-state index contributed by atoms with van der Waals surface area (Å²) in [7, 11) is 0. The number of aromatic nitrogens is 3. The summed E-state index contributed by atoms with van der Waals surface area (Å²) in [5.74, 6) is -0.403. The number of hydrogen-bond acceptors (Lipinski definition) is 7. The van der Waals surface area contributed by atoms with Crippen LogP contribution < -0.4 is 10.9 Å². The standard InChI is InChI=1S/C18H20N4O4S/c1-4-8-26-17(25)15-10(2)19-18(27-15)21-14(23)9-22-11(3)20-13-7-5-6-12(13)16(22)24/h4H,1,5-9H2,2-3H3,(H,19,21,23). The molecule has 9 heteroatoms. The summed E-state index contributed by atoms with van der Waals surface area (Å²) in [4.78, 5) is 45.9. The van der Waals surface area contributed by atoms with Crippen LogP contribution in [0, 0.1) is 13.8 Å². The van der Waals surface area contributed by atoms with Gasteiger partial charge in [0.2, 0.25) is 5.91 Å². The summed E-state index contributed by atoms with van der Waals surface area (Å²) in [5, 5.41) is 2.92. The number of ether oxygens (including phenoxy) is 1. The average Bonchev–Trinajstić information content (AvgIpc) is 3.23. The summed E-state index contributed by atoms with van der Waals surface area (Å²) in [6.07, 6.45) is 3.89. The summed E-state index contributed by atoms with van der Waals surface area (Å²) in [6, 6.07) is 0. The molecule has 0 aromatic carbocycles. The van der Waals surface area contributed by atoms with E-state index in [0.717, 1.165) is 29.9 Å². The number of amides is 1. The van der Waals surface area contributed by atoms with Gasteiger partial charge in [0.05, 0.1) is 11.4 Å². The molecule has 1 aliphatic carbocycles. The number of carbonyl (C=O) groups is 2. The van der Waals surface area contributed by atoms with Gasteiger partial charge in [0.15, 0.2) is 5.13 Å². The first kappa shape index (κ1) is 19.0. The number of fused-ring (bicyclic) bond motifs is 1. The first-order valence-electron chi connectivity index (χ1n) is 8.55. The lowest BCUT2D eigenvalue weighted by atomic mass is 10.2. The van der Waals surface area contributed by atoms with Gasteiger partial charge in [-0.25, -0.2) is 14.8 Å². The Kier molecular flexibility index (Phi) is 5.50. The molecule has 2 heterocycles. The van der Waals surface area contributed by atoms with Crippen LogP contribution in [0.5, 0.6) is 0 Å². The lowest BCUT2D eigenvalue weighted by Gasteiger charge is -2.11. The van der Waals surface area contributed by atoms with Crippen molar-refractivity contribution in [2.24, 2.45) is 0 Å². The number of thiazole rings is 1. The Morgan fingerprint density at radius 3 is 2.85 bits per heavy atom. The Morgan fingerprint density at radius 1 is 1.33 bits per heavy atom. The van der Waals surface area contributed by atoms with Gasteiger partial charge in [0.25, 0.3) is 5.56 Å². The quantitative estimate of drug-likeness (QED) is 0.598. The number of aryl methyl sites for hydroxylation is 3. The molecular formula is C18H20N4O4S. The maximum atomic E-state index is 12.6. The van der Waals surface area contributed by atoms with Crippen molar-refractivity contribution in [1.82, 2.24) is 14.5 Å². The van der Waals surface area contributed by atoms with Crippen LogP contribution in [0.2, 0.25) is 0 Å². The van der Waals surface area contributed by atoms with Gasteiger partial charge in [-0.05, 0) is 33.1 Å². The van der Waals surface area contributed by atoms with E-state index in [-0.39, 0.29) is 23.8 Å². The van der Waals surface area contributed by atoms with Gasteiger partial charge >= 0.3 is 5.97 Å². The largest absolute Gasteiger partial charge is 0.457 e. The molecular weight excluding hydrogens is 368 g/mol. The van der Waals surface area contributed by atoms with Crippen molar-refractivity contribution in [3.8, 4) is 0 Å². The monoisotopic (exact) mass is 388 g/mol. The van der Waals surface area contributed by atoms with E-state index in [1.807, 2.05) is 0 Å². The van der Waals surface area contributed by atoms with Gasteiger partial charge in [0.1, 0.15) is 23.9 Å². The molecule has 142 valence electrons. The molecule has 1 N–H and O–H groups in total. The summed E-state index contributed by atoms with van der Waals surface area (Å²) >= 11 is 1.03. The molecule has 0 radical (unpaired) electrons. The van der Waals surface area contributed by atoms with Gasteiger partial charge in [-0.2, -0.15) is 0 Å². The van der Waals surface area contributed by atoms with Crippen LogP contribution in [0.4, 0.5) is 5.13 Å². The summed E-state index contributed by atoms with van der Waals surface area (Å²) < 4.78 is 6.37. The van der Waals surface area contributed by atoms with Crippen molar-refractivity contribution < 1.29 is 14.3 Å². The Labute approximate surface area is 159 Å². The van der Waals surface area contributed by atoms with E-state index in [2.05, 4.69) is 21.9 Å². The molecule has 8 nitrogen and oxygen atoms in total. The fourth-order valence-electron chi connectivity index (χ4n) is 2.98. The maximum absolute atomic E-state index is 12.6. The molecule has 0 atom stereocenters. The third kappa shape index (κ3) is 3.97. The molecule has 27 heavy (non-hydrogen) atoms. The van der Waals surface area contributed by atoms with E-state index in [1.54, 1.807) is 13.8 Å². The van der Waals surface area contributed by atoms with E-state index in [1.165, 1.54) is 10.6 Å². The Hall–Kier alpha value is -2.81. The van der Waals surface area contributed by atoms with Crippen LogP contribution in [0.15, 0.2) is 17.4 Å². The zero-order chi connectivity index (χ0) is 19.6. The second kappa shape index (κ2) is 7.83. The molecule has 1 aliphatic rings. The molecule has 2 aromatic heterocycles. The predicted octanol–water partition coefficient (Wildman–Crippen LogP) is 1.79. The second-order valence-electron chi connectivity index (χ2n) is 6.20. The van der Waals surface area contributed by atoms with E-state index in [9.17, 15) is 14.4 Å². The highest BCUT2D eigenvalue weighted by Gasteiger charge is 2.21. The SMILES string of the molecule is C=CCOC(=O)c1sc(NC(=O)Cn2c(C)nc3c(c2=O)CCC3)nc1C. The summed E-state index contributed by atoms with van der Waals surface area (Å²) in [6.45, 7) is 6.82. The number of nitrogens with zero attached hydrogens (tertiary/aromatic N) is 3. The van der Waals surface area contributed by atoms with Gasteiger partial charge in [-0.3, -0.25) is 14.2 Å². The van der Waals surface area contributed by atoms with E-state index in [4.69, 9.17) is 4.74 Å². The van der Waals surface area contributed by atoms with E-state index >= 15 is 0 Å². The Balaban J connectivity index is 1.73. The zero-order valence-corrected chi connectivity index (χ0v) is 16.0. The third-order valence-corrected chi connectivity index (χ3v) is 5.29. The van der Waals surface area contributed by atoms with Crippen LogP contribution in [-0.4, -0.2) is 33.0 Å². The van der Waals surface area contributed by atoms with Crippen molar-refractivity contribution in [1.29, 1.82) is 0 Å². The molecule has 0 saturated heterocycles. The highest BCUT2D eigenvalue weighted by atomic mass is 32.1. The number of esters is 1. The number of carbonyl (C=O) groups excluding carboxylic acids is 2. The van der Waals surface area contributed by atoms with Crippen molar-refractivity contribution in [3.63, 3.8) is 0 Å². The highest BCUT2D eigenvalue weighted by Crippen LogP contribution is 2.23. The van der Waals surface area contributed by atoms with E-state index in [0.29, 0.717) is 28.4 Å². The first-order chi connectivity index (χ1) is 12.9. The van der Waals surface area contributed by atoms with Crippen LogP contribution in [0.25, 0.3) is 0 Å². The summed E-state index contributed by atoms with van der Waals surface area (Å²) in [5.41, 5.74) is 1.85. The van der Waals surface area contributed by atoms with E-state index < -0.39 is 11.9 Å². The first-order valence-corrected chi connectivity index (χ1v) is 9.36. The van der Waals surface area contributed by atoms with Crippen LogP contribution in [-0.2, 0) is 28.9 Å². The molecule has 3 rings (SSSR count). The molecule has 0 aliphatic heterocycles. The van der Waals surface area contributed by atoms with Gasteiger partial charge in [0, 0.05) is 5.56 Å². The topological polar surface area (TPSA) is 103 Å². The van der Waals surface area contributed by atoms with Crippen LogP contribution in [0.3, 0.4) is 0 Å². The van der Waals surface area contributed by atoms with Crippen LogP contribution in [0.1, 0.15) is 38.9 Å². The van der Waals surface area contributed by atoms with Crippen molar-refractivity contribution in [3.05, 3.63) is 50.7 Å². The minimum absolute atomic E-state index is 0.103. The Bertz CT molecular complexity index is 976. The molecule has 0 fully saturated rings. The highest BCUT2D eigenvalue weighted by molar-refractivity contribution is 7.17. The third-order valence-electron chi connectivity index (χ3n) is 4.24. The number of hydrogen-bond donors (Lipinski definition) is 1. The Morgan fingerprint density at radius 2 is 2.11 bits per heavy atom. The molecule has 1 amide bonds. The number of anilines is 1. The average molecular weight is 388 g/mol. The maximum Gasteiger partial charge on any atom is 0.350 e. The smallest absolute Gasteiger partial charge is 0.350 e. The molecule has 0 bridgehead atoms. The predicted molar refractivity (Wildman–Crippen MR) is 101 cm³/mol. The minimum atomic E-state index is -0.514. The van der Waals surface area contributed by atoms with Gasteiger partial charge in [-0.15, -0.1) is 0 Å². The van der Waals surface area contributed by atoms with Crippen molar-refractivity contribution >= 4 is 28.3 Å². The lowest BCUT2D eigenvalue weighted by Crippen LogP contribution is -2.32.